The molecule has 1 fully saturated rings. The van der Waals surface area contributed by atoms with Crippen LogP contribution in [0.25, 0.3) is 0 Å². The minimum Gasteiger partial charge on any atom is -0.326 e. The number of rotatable bonds is 8. The molecule has 7 rings (SSSR count). The first kappa shape index (κ1) is 28.0. The highest BCUT2D eigenvalue weighted by Gasteiger charge is 2.37. The van der Waals surface area contributed by atoms with Crippen molar-refractivity contribution in [3.8, 4) is 0 Å². The van der Waals surface area contributed by atoms with Gasteiger partial charge in [0.05, 0.1) is 11.5 Å². The summed E-state index contributed by atoms with van der Waals surface area (Å²) in [7, 11) is 0.450. The summed E-state index contributed by atoms with van der Waals surface area (Å²) in [5, 5.41) is 1.60. The predicted octanol–water partition coefficient (Wildman–Crippen LogP) is 6.78. The fourth-order valence-electron chi connectivity index (χ4n) is 5.75. The zero-order valence-corrected chi connectivity index (χ0v) is 25.2. The number of nitrogens with zero attached hydrogens (tertiary/aromatic N) is 2. The Morgan fingerprint density at radius 2 is 1.19 bits per heavy atom. The van der Waals surface area contributed by atoms with Gasteiger partial charge in [-0.1, -0.05) is 180 Å². The van der Waals surface area contributed by atoms with Crippen molar-refractivity contribution < 1.29 is 0 Å². The van der Waals surface area contributed by atoms with Gasteiger partial charge in [0.15, 0.2) is 0 Å². The second kappa shape index (κ2) is 13.2. The van der Waals surface area contributed by atoms with E-state index in [2.05, 4.69) is 143 Å². The topological polar surface area (TPSA) is 17.8 Å². The summed E-state index contributed by atoms with van der Waals surface area (Å²) < 4.78 is 2.21. The van der Waals surface area contributed by atoms with Crippen LogP contribution < -0.4 is 16.1 Å². The molecule has 6 aromatic rings. The number of halogens is 1. The van der Waals surface area contributed by atoms with Crippen molar-refractivity contribution in [2.45, 2.75) is 23.8 Å². The van der Waals surface area contributed by atoms with Gasteiger partial charge in [0.25, 0.3) is 0 Å². The Hall–Kier alpha value is -4.12. The van der Waals surface area contributed by atoms with Crippen molar-refractivity contribution in [2.24, 2.45) is 0 Å². The third-order valence-corrected chi connectivity index (χ3v) is 9.87. The van der Waals surface area contributed by atoms with Gasteiger partial charge in [-0.3, -0.25) is 0 Å². The number of aromatic nitrogens is 2. The van der Waals surface area contributed by atoms with E-state index < -0.39 is 0 Å². The molecule has 42 heavy (non-hydrogen) atoms. The lowest BCUT2D eigenvalue weighted by atomic mass is 9.37. The number of benzene rings is 5. The molecule has 0 unspecified atom stereocenters. The second-order valence-corrected chi connectivity index (χ2v) is 12.7. The molecule has 0 amide bonds. The van der Waals surface area contributed by atoms with Crippen molar-refractivity contribution in [3.05, 3.63) is 180 Å². The maximum atomic E-state index is 6.28. The van der Waals surface area contributed by atoms with Crippen LogP contribution in [0, 0.1) is 0 Å². The van der Waals surface area contributed by atoms with E-state index in [0.29, 0.717) is 16.2 Å². The molecule has 1 aliphatic rings. The third-order valence-electron chi connectivity index (χ3n) is 7.84. The van der Waals surface area contributed by atoms with Crippen molar-refractivity contribution in [2.75, 3.05) is 0 Å². The Kier molecular flexibility index (Phi) is 8.84. The standard InChI is InChI=1S/C22H17ClN2Si.C15H15B/c23-20-12-7-13-21(16-20)26-22(25-15-14-24-17-25,18-8-3-1-4-9-18)19-10-5-2-6-11-19;1-3-7-13(8-4-1)16(15-11-12-15)14-9-5-2-6-10-14/h1-17H;1-10,15H,11-12H2. The van der Waals surface area contributed by atoms with Crippen molar-refractivity contribution >= 4 is 43.9 Å². The molecule has 2 nitrogen and oxygen atoms in total. The molecule has 1 aromatic heterocycles. The van der Waals surface area contributed by atoms with E-state index >= 15 is 0 Å². The summed E-state index contributed by atoms with van der Waals surface area (Å²) in [5.74, 6) is 0.866. The lowest BCUT2D eigenvalue weighted by Crippen LogP contribution is -2.46. The molecule has 0 N–H and O–H groups in total. The van der Waals surface area contributed by atoms with Crippen molar-refractivity contribution in [1.29, 1.82) is 0 Å². The second-order valence-electron chi connectivity index (χ2n) is 10.7. The molecule has 5 heteroatoms. The van der Waals surface area contributed by atoms with Gasteiger partial charge in [-0.15, -0.1) is 0 Å². The molecule has 1 heterocycles. The molecule has 0 spiro atoms. The summed E-state index contributed by atoms with van der Waals surface area (Å²) in [6.45, 7) is 0.613. The van der Waals surface area contributed by atoms with Crippen LogP contribution >= 0.6 is 11.6 Å². The molecule has 1 saturated carbocycles. The summed E-state index contributed by atoms with van der Waals surface area (Å²) in [6.07, 6.45) is 8.54. The van der Waals surface area contributed by atoms with Gasteiger partial charge in [0, 0.05) is 17.4 Å². The highest BCUT2D eigenvalue weighted by molar-refractivity contribution is 6.86. The van der Waals surface area contributed by atoms with Gasteiger partial charge >= 0.3 is 0 Å². The Bertz CT molecular complexity index is 1580. The van der Waals surface area contributed by atoms with E-state index in [1.807, 2.05) is 30.9 Å². The number of imidazole rings is 1. The van der Waals surface area contributed by atoms with Gasteiger partial charge in [-0.05, 0) is 23.3 Å². The smallest absolute Gasteiger partial charge is 0.212 e. The monoisotopic (exact) mass is 578 g/mol. The molecule has 2 radical (unpaired) electrons. The van der Waals surface area contributed by atoms with Crippen LogP contribution in [0.2, 0.25) is 10.8 Å². The highest BCUT2D eigenvalue weighted by atomic mass is 35.5. The Labute approximate surface area is 257 Å². The Balaban J connectivity index is 0.000000168. The van der Waals surface area contributed by atoms with E-state index in [1.165, 1.54) is 40.1 Å². The normalized spacial score (nSPS) is 12.7. The quantitative estimate of drug-likeness (QED) is 0.182. The van der Waals surface area contributed by atoms with Gasteiger partial charge in [0.1, 0.15) is 9.52 Å². The number of hydrogen-bond acceptors (Lipinski definition) is 1. The summed E-state index contributed by atoms with van der Waals surface area (Å²) in [6, 6.07) is 51.1. The van der Waals surface area contributed by atoms with E-state index in [9.17, 15) is 0 Å². The Morgan fingerprint density at radius 1 is 0.667 bits per heavy atom. The fourth-order valence-corrected chi connectivity index (χ4v) is 7.74. The zero-order chi connectivity index (χ0) is 28.6. The van der Waals surface area contributed by atoms with Gasteiger partial charge in [-0.25, -0.2) is 4.98 Å². The lowest BCUT2D eigenvalue weighted by Gasteiger charge is -2.36. The van der Waals surface area contributed by atoms with Crippen LogP contribution in [-0.4, -0.2) is 25.8 Å². The summed E-state index contributed by atoms with van der Waals surface area (Å²) in [4.78, 5) is 4.34. The highest BCUT2D eigenvalue weighted by Crippen LogP contribution is 2.38. The number of hydrogen-bond donors (Lipinski definition) is 0. The van der Waals surface area contributed by atoms with Crippen LogP contribution in [0.5, 0.6) is 0 Å². The van der Waals surface area contributed by atoms with Crippen LogP contribution in [0.4, 0.5) is 0 Å². The third kappa shape index (κ3) is 6.36. The van der Waals surface area contributed by atoms with Gasteiger partial charge in [0.2, 0.25) is 6.71 Å². The average molecular weight is 579 g/mol. The molecule has 0 aliphatic heterocycles. The zero-order valence-electron chi connectivity index (χ0n) is 23.4. The average Bonchev–Trinajstić information content (AvgIpc) is 3.73. The minimum absolute atomic E-state index is 0.371. The SMILES string of the molecule is Clc1cccc([Si]C(c2ccccc2)(c2ccccc2)n2ccnc2)c1.c1ccc(B(c2ccccc2)C2CC2)cc1. The first-order valence-electron chi connectivity index (χ1n) is 14.5. The summed E-state index contributed by atoms with van der Waals surface area (Å²) >= 11 is 6.28. The van der Waals surface area contributed by atoms with E-state index in [-0.39, 0.29) is 5.16 Å². The van der Waals surface area contributed by atoms with Crippen molar-refractivity contribution in [3.63, 3.8) is 0 Å². The van der Waals surface area contributed by atoms with Crippen molar-refractivity contribution in [1.82, 2.24) is 9.55 Å². The Morgan fingerprint density at radius 3 is 1.64 bits per heavy atom. The van der Waals surface area contributed by atoms with Crippen LogP contribution in [-0.2, 0) is 5.16 Å². The molecular formula is C37H32BClN2Si. The largest absolute Gasteiger partial charge is 0.326 e. The van der Waals surface area contributed by atoms with E-state index in [0.717, 1.165) is 10.8 Å². The summed E-state index contributed by atoms with van der Waals surface area (Å²) in [5.41, 5.74) is 5.39. The molecule has 0 atom stereocenters. The molecule has 0 bridgehead atoms. The molecule has 0 saturated heterocycles. The maximum Gasteiger partial charge on any atom is 0.212 e. The first-order valence-corrected chi connectivity index (χ1v) is 15.8. The molecule has 1 aliphatic carbocycles. The lowest BCUT2D eigenvalue weighted by molar-refractivity contribution is 0.596. The van der Waals surface area contributed by atoms with Gasteiger partial charge < -0.3 is 4.57 Å². The van der Waals surface area contributed by atoms with E-state index in [4.69, 9.17) is 11.6 Å². The first-order chi connectivity index (χ1) is 20.7. The minimum atomic E-state index is -0.371. The van der Waals surface area contributed by atoms with Crippen LogP contribution in [0.3, 0.4) is 0 Å². The predicted molar refractivity (Wildman–Crippen MR) is 179 cm³/mol. The van der Waals surface area contributed by atoms with Crippen LogP contribution in [0.1, 0.15) is 24.0 Å². The van der Waals surface area contributed by atoms with E-state index in [1.54, 1.807) is 0 Å². The fraction of sp³-hybridized carbons (Fsp3) is 0.108. The molecular weight excluding hydrogens is 547 g/mol. The van der Waals surface area contributed by atoms with Crippen LogP contribution in [0.15, 0.2) is 164 Å². The van der Waals surface area contributed by atoms with Gasteiger partial charge in [-0.2, -0.15) is 0 Å². The maximum absolute atomic E-state index is 6.28. The molecule has 5 aromatic carbocycles. The molecule has 204 valence electrons.